The number of ether oxygens (including phenoxy) is 1. The van der Waals surface area contributed by atoms with Crippen molar-refractivity contribution in [1.29, 1.82) is 0 Å². The topological polar surface area (TPSA) is 72.8 Å². The first-order chi connectivity index (χ1) is 6.66. The van der Waals surface area contributed by atoms with Crippen molar-refractivity contribution in [2.24, 2.45) is 0 Å². The van der Waals surface area contributed by atoms with E-state index in [9.17, 15) is 34.8 Å². The summed E-state index contributed by atoms with van der Waals surface area (Å²) in [7, 11) is -6.02. The third kappa shape index (κ3) is 5.16. The maximum atomic E-state index is 12.2. The summed E-state index contributed by atoms with van der Waals surface area (Å²) in [6.45, 7) is 0. The van der Waals surface area contributed by atoms with Crippen molar-refractivity contribution in [2.75, 3.05) is 0 Å². The average molecular weight is 299 g/mol. The van der Waals surface area contributed by atoms with E-state index >= 15 is 0 Å². The quantitative estimate of drug-likeness (QED) is 0.476. The highest BCUT2D eigenvalue weighted by Crippen LogP contribution is 2.41. The molecule has 0 heterocycles. The molecule has 0 aromatic heterocycles. The summed E-state index contributed by atoms with van der Waals surface area (Å²) in [5, 5.41) is 0. The van der Waals surface area contributed by atoms with Crippen LogP contribution in [0.15, 0.2) is 0 Å². The highest BCUT2D eigenvalue weighted by Gasteiger charge is 2.66. The van der Waals surface area contributed by atoms with E-state index < -0.39 is 28.2 Å². The van der Waals surface area contributed by atoms with Crippen LogP contribution in [0.2, 0.25) is 0 Å². The molecule has 0 aliphatic heterocycles. The van der Waals surface area contributed by atoms with Gasteiger partial charge in [-0.3, -0.25) is 4.55 Å². The molecular weight excluding hydrogens is 298 g/mol. The zero-order valence-electron chi connectivity index (χ0n) is 6.63. The summed E-state index contributed by atoms with van der Waals surface area (Å²) >= 11 is 3.76. The molecule has 0 unspecified atom stereocenters. The van der Waals surface area contributed by atoms with E-state index in [0.717, 1.165) is 0 Å². The lowest BCUT2D eigenvalue weighted by molar-refractivity contribution is -0.449. The largest absolute Gasteiger partial charge is 0.464 e. The van der Waals surface area contributed by atoms with Gasteiger partial charge in [0.15, 0.2) is 0 Å². The number of hydrogen-bond donors (Lipinski definition) is 1. The van der Waals surface area contributed by atoms with Crippen LogP contribution in [0.1, 0.15) is 0 Å². The summed E-state index contributed by atoms with van der Waals surface area (Å²) < 4.78 is 103. The Morgan fingerprint density at radius 3 is 1.62 bits per heavy atom. The third-order valence-electron chi connectivity index (χ3n) is 0.793. The Morgan fingerprint density at radius 2 is 1.38 bits per heavy atom. The van der Waals surface area contributed by atoms with Gasteiger partial charge in [-0.2, -0.15) is 38.9 Å². The first-order valence-electron chi connectivity index (χ1n) is 2.87. The molecule has 16 heavy (non-hydrogen) atoms. The lowest BCUT2D eigenvalue weighted by Crippen LogP contribution is -2.48. The molecule has 0 saturated carbocycles. The standard InChI is InChI=1S/C3HClF6O5S/c4-3(9,10)14-1(5,6)2(7,8)15-16(11,12)13/h(H,11,12,13). The first-order valence-corrected chi connectivity index (χ1v) is 4.61. The van der Waals surface area contributed by atoms with Gasteiger partial charge in [-0.15, -0.1) is 0 Å². The van der Waals surface area contributed by atoms with Gasteiger partial charge in [0, 0.05) is 0 Å². The van der Waals surface area contributed by atoms with Gasteiger partial charge < -0.3 is 0 Å². The summed E-state index contributed by atoms with van der Waals surface area (Å²) in [5.41, 5.74) is -5.20. The molecule has 0 aromatic rings. The Hall–Kier alpha value is -0.300. The molecule has 13 heteroatoms. The van der Waals surface area contributed by atoms with Crippen molar-refractivity contribution in [2.45, 2.75) is 17.8 Å². The van der Waals surface area contributed by atoms with Crippen molar-refractivity contribution < 1.29 is 48.2 Å². The molecule has 0 spiro atoms. The van der Waals surface area contributed by atoms with Crippen LogP contribution in [0.5, 0.6) is 0 Å². The van der Waals surface area contributed by atoms with Crippen molar-refractivity contribution in [3.8, 4) is 0 Å². The molecule has 0 aliphatic rings. The van der Waals surface area contributed by atoms with Gasteiger partial charge in [-0.25, -0.2) is 4.74 Å². The van der Waals surface area contributed by atoms with Crippen LogP contribution in [0.4, 0.5) is 26.3 Å². The third-order valence-corrected chi connectivity index (χ3v) is 1.29. The number of hydrogen-bond acceptors (Lipinski definition) is 4. The SMILES string of the molecule is O=S(=O)(O)OC(F)(F)C(F)(F)OC(F)(F)Cl. The van der Waals surface area contributed by atoms with Crippen molar-refractivity contribution in [3.63, 3.8) is 0 Å². The Labute approximate surface area is 88.8 Å². The second-order valence-corrected chi connectivity index (χ2v) is 3.55. The monoisotopic (exact) mass is 298 g/mol. The fraction of sp³-hybridized carbons (Fsp3) is 1.00. The number of rotatable bonds is 5. The van der Waals surface area contributed by atoms with Gasteiger partial charge in [-0.1, -0.05) is 0 Å². The molecule has 0 atom stereocenters. The zero-order chi connectivity index (χ0) is 13.4. The zero-order valence-corrected chi connectivity index (χ0v) is 8.21. The van der Waals surface area contributed by atoms with Crippen LogP contribution in [0.25, 0.3) is 0 Å². The van der Waals surface area contributed by atoms with E-state index in [-0.39, 0.29) is 0 Å². The summed E-state index contributed by atoms with van der Waals surface area (Å²) in [6.07, 6.45) is -12.2. The van der Waals surface area contributed by atoms with E-state index in [1.165, 1.54) is 0 Å². The normalized spacial score (nSPS) is 15.2. The minimum absolute atomic E-state index is 2.08. The van der Waals surface area contributed by atoms with Crippen LogP contribution in [0.3, 0.4) is 0 Å². The van der Waals surface area contributed by atoms with Gasteiger partial charge in [0.1, 0.15) is 0 Å². The highest BCUT2D eigenvalue weighted by atomic mass is 35.5. The highest BCUT2D eigenvalue weighted by molar-refractivity contribution is 7.80. The number of halogens is 7. The molecule has 0 radical (unpaired) electrons. The molecule has 0 aromatic carbocycles. The first kappa shape index (κ1) is 15.7. The minimum atomic E-state index is -6.09. The Balaban J connectivity index is 4.99. The lowest BCUT2D eigenvalue weighted by Gasteiger charge is -2.25. The molecular formula is C3HClF6O5S. The van der Waals surface area contributed by atoms with Crippen LogP contribution in [-0.2, 0) is 19.3 Å². The van der Waals surface area contributed by atoms with Gasteiger partial charge >= 0.3 is 28.2 Å². The van der Waals surface area contributed by atoms with Gasteiger partial charge in [-0.05, 0) is 11.6 Å². The Bertz CT molecular complexity index is 348. The molecule has 0 saturated heterocycles. The summed E-state index contributed by atoms with van der Waals surface area (Å²) in [5.74, 6) is 0. The molecule has 5 nitrogen and oxygen atoms in total. The maximum Gasteiger partial charge on any atom is 0.464 e. The molecule has 1 N–H and O–H groups in total. The smallest absolute Gasteiger partial charge is 0.263 e. The van der Waals surface area contributed by atoms with Crippen LogP contribution in [-0.4, -0.2) is 30.8 Å². The van der Waals surface area contributed by atoms with E-state index in [0.29, 0.717) is 0 Å². The fourth-order valence-corrected chi connectivity index (χ4v) is 0.844. The summed E-state index contributed by atoms with van der Waals surface area (Å²) in [4.78, 5) is 0. The molecule has 0 rings (SSSR count). The second-order valence-electron chi connectivity index (χ2n) is 2.09. The van der Waals surface area contributed by atoms with Crippen LogP contribution >= 0.6 is 11.6 Å². The molecule has 0 aliphatic carbocycles. The second kappa shape index (κ2) is 4.18. The number of alkyl halides is 7. The van der Waals surface area contributed by atoms with Crippen molar-refractivity contribution >= 4 is 22.0 Å². The maximum absolute atomic E-state index is 12.2. The molecule has 98 valence electrons. The Morgan fingerprint density at radius 1 is 1.00 bits per heavy atom. The van der Waals surface area contributed by atoms with E-state index in [1.54, 1.807) is 0 Å². The van der Waals surface area contributed by atoms with Crippen LogP contribution in [0, 0.1) is 0 Å². The predicted octanol–water partition coefficient (Wildman–Crippen LogP) is 1.80. The van der Waals surface area contributed by atoms with Crippen molar-refractivity contribution in [3.05, 3.63) is 0 Å². The molecule has 0 amide bonds. The molecule has 0 bridgehead atoms. The Kier molecular flexibility index (Phi) is 4.10. The van der Waals surface area contributed by atoms with Gasteiger partial charge in [0.25, 0.3) is 0 Å². The minimum Gasteiger partial charge on any atom is -0.263 e. The van der Waals surface area contributed by atoms with E-state index in [2.05, 4.69) is 20.5 Å². The van der Waals surface area contributed by atoms with Gasteiger partial charge in [0.2, 0.25) is 0 Å². The van der Waals surface area contributed by atoms with Crippen molar-refractivity contribution in [1.82, 2.24) is 0 Å². The fourth-order valence-electron chi connectivity index (χ4n) is 0.386. The van der Waals surface area contributed by atoms with E-state index in [1.807, 2.05) is 0 Å². The van der Waals surface area contributed by atoms with Crippen LogP contribution < -0.4 is 0 Å². The summed E-state index contributed by atoms with van der Waals surface area (Å²) in [6, 6.07) is 0. The molecule has 0 fully saturated rings. The average Bonchev–Trinajstić information content (AvgIpc) is 1.72. The van der Waals surface area contributed by atoms with E-state index in [4.69, 9.17) is 4.55 Å². The van der Waals surface area contributed by atoms with Gasteiger partial charge in [0.05, 0.1) is 0 Å². The lowest BCUT2D eigenvalue weighted by atomic mass is 10.6. The predicted molar refractivity (Wildman–Crippen MR) is 34.4 cm³/mol.